The molecule has 0 spiro atoms. The predicted octanol–water partition coefficient (Wildman–Crippen LogP) is 1.40. The fourth-order valence-corrected chi connectivity index (χ4v) is 1.99. The van der Waals surface area contributed by atoms with Crippen molar-refractivity contribution in [1.82, 2.24) is 10.6 Å². The van der Waals surface area contributed by atoms with E-state index in [9.17, 15) is 14.9 Å². The minimum absolute atomic E-state index is 0.0458. The molecule has 0 aliphatic rings. The molecule has 1 aromatic rings. The molecule has 116 valence electrons. The summed E-state index contributed by atoms with van der Waals surface area (Å²) in [4.78, 5) is 22.4. The van der Waals surface area contributed by atoms with E-state index in [0.29, 0.717) is 18.7 Å². The van der Waals surface area contributed by atoms with E-state index in [-0.39, 0.29) is 17.6 Å². The van der Waals surface area contributed by atoms with E-state index in [0.717, 1.165) is 0 Å². The van der Waals surface area contributed by atoms with E-state index in [1.165, 1.54) is 6.07 Å². The lowest BCUT2D eigenvalue weighted by atomic mass is 10.1. The normalized spacial score (nSPS) is 13.5. The van der Waals surface area contributed by atoms with Gasteiger partial charge in [0.15, 0.2) is 0 Å². The number of carbonyl (C=O) groups is 1. The van der Waals surface area contributed by atoms with Crippen LogP contribution in [0, 0.1) is 10.1 Å². The van der Waals surface area contributed by atoms with Crippen LogP contribution in [0.2, 0.25) is 0 Å². The van der Waals surface area contributed by atoms with Gasteiger partial charge in [-0.05, 0) is 13.8 Å². The van der Waals surface area contributed by atoms with E-state index in [4.69, 9.17) is 4.74 Å². The van der Waals surface area contributed by atoms with Crippen LogP contribution in [-0.4, -0.2) is 37.1 Å². The molecular formula is C14H21N3O4. The summed E-state index contributed by atoms with van der Waals surface area (Å²) in [6.45, 7) is 4.38. The number of rotatable bonds is 8. The van der Waals surface area contributed by atoms with Gasteiger partial charge in [0.05, 0.1) is 17.6 Å². The molecule has 0 saturated carbocycles. The number of hydrogen-bond acceptors (Lipinski definition) is 5. The number of hydrogen-bond donors (Lipinski definition) is 2. The highest BCUT2D eigenvalue weighted by Gasteiger charge is 2.21. The Morgan fingerprint density at radius 1 is 1.38 bits per heavy atom. The Morgan fingerprint density at radius 3 is 2.67 bits per heavy atom. The summed E-state index contributed by atoms with van der Waals surface area (Å²) < 4.78 is 4.85. The first-order chi connectivity index (χ1) is 9.97. The van der Waals surface area contributed by atoms with Gasteiger partial charge in [-0.2, -0.15) is 0 Å². The zero-order valence-corrected chi connectivity index (χ0v) is 12.5. The summed E-state index contributed by atoms with van der Waals surface area (Å²) in [7, 11) is 1.56. The maximum Gasteiger partial charge on any atom is 0.274 e. The number of nitro benzene ring substituents is 1. The zero-order chi connectivity index (χ0) is 15.8. The van der Waals surface area contributed by atoms with Crippen LogP contribution in [0.5, 0.6) is 0 Å². The van der Waals surface area contributed by atoms with Crippen LogP contribution in [0.4, 0.5) is 5.69 Å². The fourth-order valence-electron chi connectivity index (χ4n) is 1.99. The number of nitrogens with one attached hydrogen (secondary N) is 2. The van der Waals surface area contributed by atoms with Gasteiger partial charge < -0.3 is 10.1 Å². The molecule has 0 aliphatic carbocycles. The topological polar surface area (TPSA) is 93.5 Å². The van der Waals surface area contributed by atoms with Crippen molar-refractivity contribution < 1.29 is 14.5 Å². The molecular weight excluding hydrogens is 274 g/mol. The average molecular weight is 295 g/mol. The van der Waals surface area contributed by atoms with Gasteiger partial charge in [0, 0.05) is 31.3 Å². The van der Waals surface area contributed by atoms with Crippen LogP contribution in [0.25, 0.3) is 0 Å². The number of para-hydroxylation sites is 1. The Hall–Kier alpha value is -1.99. The molecule has 0 fully saturated rings. The van der Waals surface area contributed by atoms with Gasteiger partial charge >= 0.3 is 0 Å². The van der Waals surface area contributed by atoms with Crippen LogP contribution in [0.3, 0.4) is 0 Å². The molecule has 0 saturated heterocycles. The Labute approximate surface area is 123 Å². The number of ether oxygens (including phenoxy) is 1. The third-order valence-electron chi connectivity index (χ3n) is 3.10. The first-order valence-electron chi connectivity index (χ1n) is 6.73. The van der Waals surface area contributed by atoms with Crippen molar-refractivity contribution in [1.29, 1.82) is 0 Å². The molecule has 7 nitrogen and oxygen atoms in total. The minimum Gasteiger partial charge on any atom is -0.383 e. The molecule has 0 aromatic heterocycles. The van der Waals surface area contributed by atoms with E-state index in [1.807, 2.05) is 0 Å². The van der Waals surface area contributed by atoms with E-state index in [2.05, 4.69) is 10.6 Å². The van der Waals surface area contributed by atoms with Crippen molar-refractivity contribution in [3.63, 3.8) is 0 Å². The number of nitrogens with zero attached hydrogens (tertiary/aromatic N) is 1. The summed E-state index contributed by atoms with van der Waals surface area (Å²) in [5.74, 6) is -0.169. The molecule has 2 atom stereocenters. The summed E-state index contributed by atoms with van der Waals surface area (Å²) in [6.07, 6.45) is 0. The van der Waals surface area contributed by atoms with E-state index in [1.54, 1.807) is 39.2 Å². The summed E-state index contributed by atoms with van der Waals surface area (Å²) in [5.41, 5.74) is 0.600. The van der Waals surface area contributed by atoms with Crippen molar-refractivity contribution in [2.24, 2.45) is 0 Å². The second-order valence-electron chi connectivity index (χ2n) is 4.71. The van der Waals surface area contributed by atoms with Crippen molar-refractivity contribution in [2.45, 2.75) is 25.9 Å². The summed E-state index contributed by atoms with van der Waals surface area (Å²) in [6, 6.07) is 5.73. The highest BCUT2D eigenvalue weighted by atomic mass is 16.6. The lowest BCUT2D eigenvalue weighted by Gasteiger charge is -2.19. The SMILES string of the molecule is COCCNC(=O)C(C)NC(C)c1ccccc1[N+](=O)[O-]. The predicted molar refractivity (Wildman–Crippen MR) is 79.0 cm³/mol. The third-order valence-corrected chi connectivity index (χ3v) is 3.10. The van der Waals surface area contributed by atoms with Crippen LogP contribution in [-0.2, 0) is 9.53 Å². The maximum absolute atomic E-state index is 11.8. The van der Waals surface area contributed by atoms with Crippen molar-refractivity contribution in [2.75, 3.05) is 20.3 Å². The Bertz CT molecular complexity index is 493. The maximum atomic E-state index is 11.8. The minimum atomic E-state index is -0.461. The molecule has 0 radical (unpaired) electrons. The first-order valence-corrected chi connectivity index (χ1v) is 6.73. The van der Waals surface area contributed by atoms with Crippen LogP contribution < -0.4 is 10.6 Å². The van der Waals surface area contributed by atoms with E-state index >= 15 is 0 Å². The lowest BCUT2D eigenvalue weighted by molar-refractivity contribution is -0.385. The van der Waals surface area contributed by atoms with Crippen LogP contribution in [0.15, 0.2) is 24.3 Å². The van der Waals surface area contributed by atoms with E-state index < -0.39 is 11.0 Å². The highest BCUT2D eigenvalue weighted by Crippen LogP contribution is 2.24. The van der Waals surface area contributed by atoms with Gasteiger partial charge in [0.25, 0.3) is 5.69 Å². The summed E-state index contributed by atoms with van der Waals surface area (Å²) in [5, 5.41) is 16.8. The Balaban J connectivity index is 2.66. The molecule has 0 bridgehead atoms. The third kappa shape index (κ3) is 5.13. The zero-order valence-electron chi connectivity index (χ0n) is 12.5. The quantitative estimate of drug-likeness (QED) is 0.429. The molecule has 2 N–H and O–H groups in total. The lowest BCUT2D eigenvalue weighted by Crippen LogP contribution is -2.44. The molecule has 1 aromatic carbocycles. The van der Waals surface area contributed by atoms with Gasteiger partial charge in [0.1, 0.15) is 0 Å². The van der Waals surface area contributed by atoms with Gasteiger partial charge in [-0.15, -0.1) is 0 Å². The number of carbonyl (C=O) groups excluding carboxylic acids is 1. The van der Waals surface area contributed by atoms with Crippen LogP contribution >= 0.6 is 0 Å². The van der Waals surface area contributed by atoms with Gasteiger partial charge in [-0.3, -0.25) is 20.2 Å². The second kappa shape index (κ2) is 8.33. The molecule has 1 amide bonds. The van der Waals surface area contributed by atoms with Crippen molar-refractivity contribution in [3.05, 3.63) is 39.9 Å². The number of benzene rings is 1. The molecule has 0 aliphatic heterocycles. The van der Waals surface area contributed by atoms with Gasteiger partial charge in [0.2, 0.25) is 5.91 Å². The fraction of sp³-hybridized carbons (Fsp3) is 0.500. The molecule has 1 rings (SSSR count). The molecule has 0 heterocycles. The number of methoxy groups -OCH3 is 1. The summed E-state index contributed by atoms with van der Waals surface area (Å²) >= 11 is 0. The number of amides is 1. The molecule has 2 unspecified atom stereocenters. The van der Waals surface area contributed by atoms with Crippen molar-refractivity contribution >= 4 is 11.6 Å². The molecule has 21 heavy (non-hydrogen) atoms. The molecule has 7 heteroatoms. The Morgan fingerprint density at radius 2 is 2.05 bits per heavy atom. The highest BCUT2D eigenvalue weighted by molar-refractivity contribution is 5.81. The number of nitro groups is 1. The van der Waals surface area contributed by atoms with Crippen LogP contribution in [0.1, 0.15) is 25.5 Å². The van der Waals surface area contributed by atoms with Crippen molar-refractivity contribution in [3.8, 4) is 0 Å². The van der Waals surface area contributed by atoms with Gasteiger partial charge in [-0.25, -0.2) is 0 Å². The Kier molecular flexibility index (Phi) is 6.77. The largest absolute Gasteiger partial charge is 0.383 e. The first kappa shape index (κ1) is 17.1. The smallest absolute Gasteiger partial charge is 0.274 e. The monoisotopic (exact) mass is 295 g/mol. The standard InChI is InChI=1S/C14H21N3O4/c1-10(12-6-4-5-7-13(12)17(19)20)16-11(2)14(18)15-8-9-21-3/h4-7,10-11,16H,8-9H2,1-3H3,(H,15,18). The van der Waals surface area contributed by atoms with Gasteiger partial charge in [-0.1, -0.05) is 18.2 Å². The average Bonchev–Trinajstić information content (AvgIpc) is 2.47. The second-order valence-corrected chi connectivity index (χ2v) is 4.71.